The molecule has 8 heteroatoms. The van der Waals surface area contributed by atoms with E-state index in [4.69, 9.17) is 5.26 Å². The number of hydrogen-bond acceptors (Lipinski definition) is 5. The number of amides is 2. The fourth-order valence-electron chi connectivity index (χ4n) is 5.57. The van der Waals surface area contributed by atoms with Gasteiger partial charge in [0.15, 0.2) is 0 Å². The van der Waals surface area contributed by atoms with Crippen molar-refractivity contribution in [2.45, 2.75) is 89.6 Å². The normalized spacial score (nSPS) is 19.6. The minimum absolute atomic E-state index is 0.197. The maximum Gasteiger partial charge on any atom is 0.252 e. The monoisotopic (exact) mass is 507 g/mol. The van der Waals surface area contributed by atoms with Gasteiger partial charge in [0.2, 0.25) is 15.9 Å². The van der Waals surface area contributed by atoms with Crippen molar-refractivity contribution in [2.75, 3.05) is 4.90 Å². The number of nitrogens with zero attached hydrogens (tertiary/aromatic N) is 3. The third-order valence-corrected chi connectivity index (χ3v) is 9.94. The van der Waals surface area contributed by atoms with Crippen molar-refractivity contribution in [1.82, 2.24) is 4.31 Å². The van der Waals surface area contributed by atoms with Crippen molar-refractivity contribution < 1.29 is 18.0 Å². The van der Waals surface area contributed by atoms with Crippen LogP contribution in [0.25, 0.3) is 0 Å². The lowest BCUT2D eigenvalue weighted by Crippen LogP contribution is -2.51. The first-order valence-electron chi connectivity index (χ1n) is 12.6. The molecule has 0 N–H and O–H groups in total. The van der Waals surface area contributed by atoms with E-state index in [2.05, 4.69) is 0 Å². The zero-order valence-corrected chi connectivity index (χ0v) is 22.2. The maximum absolute atomic E-state index is 14.5. The Kier molecular flexibility index (Phi) is 7.35. The first-order valence-corrected chi connectivity index (χ1v) is 14.0. The largest absolute Gasteiger partial charge is 0.274 e. The van der Waals surface area contributed by atoms with Gasteiger partial charge in [-0.3, -0.25) is 9.59 Å². The van der Waals surface area contributed by atoms with E-state index in [9.17, 15) is 18.0 Å². The summed E-state index contributed by atoms with van der Waals surface area (Å²) in [7, 11) is -4.09. The van der Waals surface area contributed by atoms with Crippen LogP contribution in [-0.2, 0) is 19.6 Å². The molecular weight excluding hydrogens is 474 g/mol. The quantitative estimate of drug-likeness (QED) is 0.426. The second-order valence-electron chi connectivity index (χ2n) is 10.0. The van der Waals surface area contributed by atoms with Crippen molar-refractivity contribution in [3.63, 3.8) is 0 Å². The number of anilines is 1. The molecule has 190 valence electrons. The van der Waals surface area contributed by atoms with Crippen LogP contribution in [0.5, 0.6) is 0 Å². The lowest BCUT2D eigenvalue weighted by atomic mass is 10.0. The van der Waals surface area contributed by atoms with Gasteiger partial charge in [0, 0.05) is 6.04 Å². The third kappa shape index (κ3) is 4.58. The van der Waals surface area contributed by atoms with Crippen LogP contribution in [0.2, 0.25) is 0 Å². The second-order valence-corrected chi connectivity index (χ2v) is 11.8. The molecule has 0 bridgehead atoms. The molecule has 1 saturated heterocycles. The average molecular weight is 508 g/mol. The molecule has 1 unspecified atom stereocenters. The van der Waals surface area contributed by atoms with Crippen molar-refractivity contribution in [3.05, 3.63) is 58.1 Å². The van der Waals surface area contributed by atoms with Crippen LogP contribution in [0.4, 0.5) is 5.69 Å². The molecule has 0 radical (unpaired) electrons. The molecule has 1 aliphatic heterocycles. The Hall–Kier alpha value is -3.02. The van der Waals surface area contributed by atoms with Crippen LogP contribution in [0.1, 0.15) is 72.8 Å². The summed E-state index contributed by atoms with van der Waals surface area (Å²) < 4.78 is 30.3. The molecule has 2 aromatic rings. The molecule has 2 aromatic carbocycles. The van der Waals surface area contributed by atoms with Crippen molar-refractivity contribution in [3.8, 4) is 6.07 Å². The molecule has 1 aliphatic carbocycles. The van der Waals surface area contributed by atoms with Crippen LogP contribution in [-0.4, -0.2) is 36.6 Å². The lowest BCUT2D eigenvalue weighted by Gasteiger charge is -2.35. The number of imide groups is 1. The smallest absolute Gasteiger partial charge is 0.252 e. The highest BCUT2D eigenvalue weighted by Gasteiger charge is 2.50. The minimum atomic E-state index is -4.09. The predicted octanol–water partition coefficient (Wildman–Crippen LogP) is 4.84. The van der Waals surface area contributed by atoms with Gasteiger partial charge in [-0.15, -0.1) is 0 Å². The number of hydrogen-bond donors (Lipinski definition) is 0. The Morgan fingerprint density at radius 1 is 0.917 bits per heavy atom. The van der Waals surface area contributed by atoms with E-state index in [0.717, 1.165) is 41.7 Å². The number of rotatable bonds is 5. The lowest BCUT2D eigenvalue weighted by molar-refractivity contribution is -0.122. The van der Waals surface area contributed by atoms with Gasteiger partial charge in [0.1, 0.15) is 6.04 Å². The van der Waals surface area contributed by atoms with Gasteiger partial charge in [-0.05, 0) is 87.1 Å². The first kappa shape index (κ1) is 26.1. The molecule has 4 rings (SSSR count). The van der Waals surface area contributed by atoms with Gasteiger partial charge >= 0.3 is 0 Å². The Balaban J connectivity index is 1.83. The van der Waals surface area contributed by atoms with Gasteiger partial charge in [-0.25, -0.2) is 13.3 Å². The summed E-state index contributed by atoms with van der Waals surface area (Å²) in [6.45, 7) is 7.41. The van der Waals surface area contributed by atoms with Gasteiger partial charge in [-0.1, -0.05) is 31.7 Å². The summed E-state index contributed by atoms with van der Waals surface area (Å²) in [5.41, 5.74) is 3.88. The maximum atomic E-state index is 14.5. The Labute approximate surface area is 213 Å². The highest BCUT2D eigenvalue weighted by molar-refractivity contribution is 7.89. The number of aryl methyl sites for hydroxylation is 2. The number of benzene rings is 2. The van der Waals surface area contributed by atoms with Crippen LogP contribution < -0.4 is 4.90 Å². The van der Waals surface area contributed by atoms with E-state index in [1.165, 1.54) is 4.31 Å². The van der Waals surface area contributed by atoms with Crippen molar-refractivity contribution in [1.29, 1.82) is 5.26 Å². The molecule has 1 atom stereocenters. The second kappa shape index (κ2) is 10.2. The van der Waals surface area contributed by atoms with Crippen molar-refractivity contribution >= 4 is 27.5 Å². The van der Waals surface area contributed by atoms with E-state index in [0.29, 0.717) is 35.2 Å². The van der Waals surface area contributed by atoms with E-state index < -0.39 is 27.9 Å². The van der Waals surface area contributed by atoms with Gasteiger partial charge in [-0.2, -0.15) is 9.57 Å². The van der Waals surface area contributed by atoms with E-state index in [-0.39, 0.29) is 17.4 Å². The van der Waals surface area contributed by atoms with Gasteiger partial charge in [0.05, 0.1) is 28.6 Å². The number of sulfonamides is 1. The highest BCUT2D eigenvalue weighted by Crippen LogP contribution is 2.37. The molecule has 36 heavy (non-hydrogen) atoms. The molecule has 2 amide bonds. The zero-order chi connectivity index (χ0) is 26.2. The van der Waals surface area contributed by atoms with E-state index in [1.807, 2.05) is 39.8 Å². The predicted molar refractivity (Wildman–Crippen MR) is 138 cm³/mol. The molecule has 1 saturated carbocycles. The molecule has 1 heterocycles. The van der Waals surface area contributed by atoms with Crippen LogP contribution in [0, 0.1) is 39.0 Å². The summed E-state index contributed by atoms with van der Waals surface area (Å²) in [6.07, 6.45) is 4.96. The van der Waals surface area contributed by atoms with Crippen molar-refractivity contribution in [2.24, 2.45) is 0 Å². The Bertz CT molecular complexity index is 1310. The Morgan fingerprint density at radius 3 is 2.00 bits per heavy atom. The Morgan fingerprint density at radius 2 is 1.47 bits per heavy atom. The highest BCUT2D eigenvalue weighted by atomic mass is 32.2. The standard InChI is InChI=1S/C28H33N3O4S/c1-18-15-19(2)21(4)27(20(18)3)36(34,35)31(24-9-7-5-6-8-10-24)25-16-26(32)30(28(25)33)23-13-11-22(17-29)12-14-23/h11-15,24-25H,5-10,16H2,1-4H3. The molecule has 0 aromatic heterocycles. The van der Waals surface area contributed by atoms with Crippen LogP contribution in [0.15, 0.2) is 35.2 Å². The molecular formula is C28H33N3O4S. The van der Waals surface area contributed by atoms with Gasteiger partial charge < -0.3 is 0 Å². The molecule has 2 fully saturated rings. The van der Waals surface area contributed by atoms with Crippen LogP contribution in [0.3, 0.4) is 0 Å². The summed E-state index contributed by atoms with van der Waals surface area (Å²) in [4.78, 5) is 28.2. The first-order chi connectivity index (χ1) is 17.1. The molecule has 2 aliphatic rings. The number of nitriles is 1. The summed E-state index contributed by atoms with van der Waals surface area (Å²) >= 11 is 0. The average Bonchev–Trinajstić information content (AvgIpc) is 2.99. The summed E-state index contributed by atoms with van der Waals surface area (Å²) in [5, 5.41) is 9.09. The molecule has 0 spiro atoms. The minimum Gasteiger partial charge on any atom is -0.274 e. The van der Waals surface area contributed by atoms with Crippen LogP contribution >= 0.6 is 0 Å². The summed E-state index contributed by atoms with van der Waals surface area (Å²) in [6, 6.07) is 8.77. The SMILES string of the molecule is Cc1cc(C)c(C)c(S(=O)(=O)N(C2CCCCCC2)C2CC(=O)N(c3ccc(C#N)cc3)C2=O)c1C. The number of carbonyl (C=O) groups excluding carboxylic acids is 2. The van der Waals surface area contributed by atoms with Gasteiger partial charge in [0.25, 0.3) is 5.91 Å². The third-order valence-electron chi connectivity index (χ3n) is 7.70. The zero-order valence-electron chi connectivity index (χ0n) is 21.4. The number of carbonyl (C=O) groups is 2. The fourth-order valence-corrected chi connectivity index (χ4v) is 7.98. The summed E-state index contributed by atoms with van der Waals surface area (Å²) in [5.74, 6) is -0.963. The van der Waals surface area contributed by atoms with E-state index in [1.54, 1.807) is 24.3 Å². The molecule has 7 nitrogen and oxygen atoms in total. The fraction of sp³-hybridized carbons (Fsp3) is 0.464. The topological polar surface area (TPSA) is 98.6 Å². The van der Waals surface area contributed by atoms with E-state index >= 15 is 0 Å².